The van der Waals surface area contributed by atoms with Crippen LogP contribution in [0, 0.1) is 0 Å². The lowest BCUT2D eigenvalue weighted by Gasteiger charge is -2.47. The molecule has 0 radical (unpaired) electrons. The summed E-state index contributed by atoms with van der Waals surface area (Å²) < 4.78 is 0. The van der Waals surface area contributed by atoms with E-state index in [-0.39, 0.29) is 24.4 Å². The maximum atomic E-state index is 12.6. The van der Waals surface area contributed by atoms with E-state index < -0.39 is 5.54 Å². The summed E-state index contributed by atoms with van der Waals surface area (Å²) in [5, 5.41) is 6.83. The molecule has 4 amide bonds. The maximum absolute atomic E-state index is 12.6. The van der Waals surface area contributed by atoms with E-state index >= 15 is 0 Å². The first-order valence-electron chi connectivity index (χ1n) is 9.10. The van der Waals surface area contributed by atoms with Gasteiger partial charge in [-0.3, -0.25) is 9.59 Å². The predicted octanol–water partition coefficient (Wildman–Crippen LogP) is 1.90. The number of thiophene rings is 1. The molecule has 0 aliphatic carbocycles. The number of carbonyl (C=O) groups excluding carboxylic acids is 3. The van der Waals surface area contributed by atoms with Crippen molar-refractivity contribution in [3.63, 3.8) is 0 Å². The molecule has 2 fully saturated rings. The Morgan fingerprint density at radius 1 is 1.35 bits per heavy atom. The van der Waals surface area contributed by atoms with E-state index in [1.807, 2.05) is 16.8 Å². The lowest BCUT2D eigenvalue weighted by molar-refractivity contribution is -0.142. The lowest BCUT2D eigenvalue weighted by Crippen LogP contribution is -2.67. The molecule has 2 saturated heterocycles. The van der Waals surface area contributed by atoms with Crippen LogP contribution in [0.4, 0.5) is 10.5 Å². The number of anilines is 1. The number of likely N-dealkylation sites (tertiary alicyclic amines) is 1. The fourth-order valence-electron chi connectivity index (χ4n) is 3.81. The zero-order valence-corrected chi connectivity index (χ0v) is 16.2. The van der Waals surface area contributed by atoms with Gasteiger partial charge in [0.25, 0.3) is 0 Å². The molecule has 26 heavy (non-hydrogen) atoms. The zero-order valence-electron chi connectivity index (χ0n) is 15.4. The Bertz CT molecular complexity index is 678. The van der Waals surface area contributed by atoms with Crippen LogP contribution in [-0.2, 0) is 9.59 Å². The molecule has 0 aromatic carbocycles. The number of urea groups is 1. The Hall–Kier alpha value is -2.09. The van der Waals surface area contributed by atoms with Crippen LogP contribution in [0.3, 0.4) is 0 Å². The van der Waals surface area contributed by atoms with Crippen LogP contribution in [0.25, 0.3) is 0 Å². The van der Waals surface area contributed by atoms with E-state index in [0.29, 0.717) is 32.6 Å². The molecule has 8 heteroatoms. The van der Waals surface area contributed by atoms with Gasteiger partial charge < -0.3 is 20.0 Å². The highest BCUT2D eigenvalue weighted by atomic mass is 32.1. The standard InChI is InChI=1S/C18H26N4O3S/c1-3-4-7-19-17(25)20-8-6-18(12-20)13-21(15-5-9-26-11-15)16(24)10-22(18)14(2)23/h5,9,11H,3-4,6-8,10,12-13H2,1-2H3,(H,19,25)/t18-/m1/s1. The summed E-state index contributed by atoms with van der Waals surface area (Å²) >= 11 is 1.54. The number of nitrogens with one attached hydrogen (secondary N) is 1. The van der Waals surface area contributed by atoms with Gasteiger partial charge in [0, 0.05) is 31.9 Å². The minimum Gasteiger partial charge on any atom is -0.338 e. The van der Waals surface area contributed by atoms with E-state index in [4.69, 9.17) is 0 Å². The number of carbonyl (C=O) groups is 3. The van der Waals surface area contributed by atoms with Crippen molar-refractivity contribution in [2.45, 2.75) is 38.6 Å². The molecule has 0 unspecified atom stereocenters. The van der Waals surface area contributed by atoms with Crippen LogP contribution >= 0.6 is 11.3 Å². The Morgan fingerprint density at radius 3 is 2.81 bits per heavy atom. The number of unbranched alkanes of at least 4 members (excludes halogenated alkanes) is 1. The second-order valence-electron chi connectivity index (χ2n) is 7.05. The summed E-state index contributed by atoms with van der Waals surface area (Å²) in [6.07, 6.45) is 2.66. The first kappa shape index (κ1) is 18.7. The van der Waals surface area contributed by atoms with Crippen LogP contribution in [0.1, 0.15) is 33.1 Å². The maximum Gasteiger partial charge on any atom is 0.317 e. The fraction of sp³-hybridized carbons (Fsp3) is 0.611. The van der Waals surface area contributed by atoms with E-state index in [1.54, 1.807) is 26.0 Å². The van der Waals surface area contributed by atoms with E-state index in [1.165, 1.54) is 6.92 Å². The van der Waals surface area contributed by atoms with E-state index in [9.17, 15) is 14.4 Å². The molecular formula is C18H26N4O3S. The van der Waals surface area contributed by atoms with Crippen LogP contribution in [-0.4, -0.2) is 65.9 Å². The van der Waals surface area contributed by atoms with Gasteiger partial charge in [0.05, 0.1) is 17.8 Å². The molecule has 1 N–H and O–H groups in total. The number of hydrogen-bond donors (Lipinski definition) is 1. The Balaban J connectivity index is 1.77. The monoisotopic (exact) mass is 378 g/mol. The second kappa shape index (κ2) is 7.65. The van der Waals surface area contributed by atoms with Crippen LogP contribution in [0.2, 0.25) is 0 Å². The minimum absolute atomic E-state index is 0.0659. The van der Waals surface area contributed by atoms with Gasteiger partial charge in [0.15, 0.2) is 0 Å². The molecule has 142 valence electrons. The van der Waals surface area contributed by atoms with Gasteiger partial charge in [-0.25, -0.2) is 4.79 Å². The van der Waals surface area contributed by atoms with Gasteiger partial charge in [-0.1, -0.05) is 13.3 Å². The molecule has 7 nitrogen and oxygen atoms in total. The van der Waals surface area contributed by atoms with Gasteiger partial charge in [-0.15, -0.1) is 0 Å². The predicted molar refractivity (Wildman–Crippen MR) is 101 cm³/mol. The number of nitrogens with zero attached hydrogens (tertiary/aromatic N) is 3. The molecule has 1 aromatic rings. The summed E-state index contributed by atoms with van der Waals surface area (Å²) in [5.74, 6) is -0.188. The van der Waals surface area contributed by atoms with E-state index in [2.05, 4.69) is 12.2 Å². The Morgan fingerprint density at radius 2 is 2.15 bits per heavy atom. The molecular weight excluding hydrogens is 352 g/mol. The first-order valence-corrected chi connectivity index (χ1v) is 10.0. The number of amides is 4. The SMILES string of the molecule is CCCCNC(=O)N1CC[C@@]2(C1)CN(c1ccsc1)C(=O)CN2C(C)=O. The van der Waals surface area contributed by atoms with Crippen molar-refractivity contribution in [1.29, 1.82) is 0 Å². The molecule has 0 saturated carbocycles. The molecule has 0 bridgehead atoms. The largest absolute Gasteiger partial charge is 0.338 e. The highest BCUT2D eigenvalue weighted by Crippen LogP contribution is 2.35. The summed E-state index contributed by atoms with van der Waals surface area (Å²) in [6.45, 7) is 5.79. The third kappa shape index (κ3) is 3.56. The van der Waals surface area contributed by atoms with Crippen molar-refractivity contribution in [2.24, 2.45) is 0 Å². The highest BCUT2D eigenvalue weighted by molar-refractivity contribution is 7.08. The topological polar surface area (TPSA) is 73.0 Å². The van der Waals surface area contributed by atoms with Crippen LogP contribution in [0.15, 0.2) is 16.8 Å². The number of piperazine rings is 1. The third-order valence-corrected chi connectivity index (χ3v) is 5.91. The fourth-order valence-corrected chi connectivity index (χ4v) is 4.45. The average molecular weight is 378 g/mol. The van der Waals surface area contributed by atoms with Crippen molar-refractivity contribution >= 4 is 34.9 Å². The molecule has 3 heterocycles. The quantitative estimate of drug-likeness (QED) is 0.814. The smallest absolute Gasteiger partial charge is 0.317 e. The lowest BCUT2D eigenvalue weighted by atomic mass is 9.92. The van der Waals surface area contributed by atoms with Gasteiger partial charge in [0.2, 0.25) is 11.8 Å². The summed E-state index contributed by atoms with van der Waals surface area (Å²) in [5.41, 5.74) is 0.359. The molecule has 2 aliphatic heterocycles. The molecule has 1 atom stereocenters. The molecule has 2 aliphatic rings. The molecule has 3 rings (SSSR count). The zero-order chi connectivity index (χ0) is 18.7. The number of hydrogen-bond acceptors (Lipinski definition) is 4. The summed E-state index contributed by atoms with van der Waals surface area (Å²) in [7, 11) is 0. The van der Waals surface area contributed by atoms with Crippen LogP contribution in [0.5, 0.6) is 0 Å². The molecule has 1 aromatic heterocycles. The minimum atomic E-state index is -0.510. The normalized spacial score (nSPS) is 23.0. The van der Waals surface area contributed by atoms with Gasteiger partial charge in [0.1, 0.15) is 6.54 Å². The average Bonchev–Trinajstić information content (AvgIpc) is 3.27. The van der Waals surface area contributed by atoms with E-state index in [0.717, 1.165) is 18.5 Å². The first-order chi connectivity index (χ1) is 12.5. The molecule has 1 spiro atoms. The Kier molecular flexibility index (Phi) is 5.50. The van der Waals surface area contributed by atoms with Gasteiger partial charge >= 0.3 is 6.03 Å². The van der Waals surface area contributed by atoms with Crippen molar-refractivity contribution in [1.82, 2.24) is 15.1 Å². The van der Waals surface area contributed by atoms with Gasteiger partial charge in [-0.2, -0.15) is 11.3 Å². The highest BCUT2D eigenvalue weighted by Gasteiger charge is 2.51. The van der Waals surface area contributed by atoms with Crippen molar-refractivity contribution in [3.8, 4) is 0 Å². The second-order valence-corrected chi connectivity index (χ2v) is 7.83. The third-order valence-electron chi connectivity index (χ3n) is 5.24. The van der Waals surface area contributed by atoms with Crippen LogP contribution < -0.4 is 10.2 Å². The van der Waals surface area contributed by atoms with Gasteiger partial charge in [-0.05, 0) is 24.3 Å². The number of rotatable bonds is 4. The summed E-state index contributed by atoms with van der Waals surface area (Å²) in [4.78, 5) is 42.4. The van der Waals surface area contributed by atoms with Crippen molar-refractivity contribution in [3.05, 3.63) is 16.8 Å². The van der Waals surface area contributed by atoms with Crippen molar-refractivity contribution in [2.75, 3.05) is 37.6 Å². The summed E-state index contributed by atoms with van der Waals surface area (Å²) in [6, 6.07) is 1.84. The Labute approximate surface area is 157 Å². The van der Waals surface area contributed by atoms with Crippen molar-refractivity contribution < 1.29 is 14.4 Å².